The zero-order chi connectivity index (χ0) is 28.3. The maximum absolute atomic E-state index is 5.07. The van der Waals surface area contributed by atoms with E-state index in [-0.39, 0.29) is 0 Å². The molecule has 0 saturated heterocycles. The first-order valence-electron chi connectivity index (χ1n) is 14.2. The molecule has 0 spiro atoms. The second-order valence-electron chi connectivity index (χ2n) is 10.2. The van der Waals surface area contributed by atoms with Gasteiger partial charge in [-0.15, -0.1) is 0 Å². The number of para-hydroxylation sites is 1. The van der Waals surface area contributed by atoms with Crippen molar-refractivity contribution in [1.82, 2.24) is 9.97 Å². The summed E-state index contributed by atoms with van der Waals surface area (Å²) in [5, 5.41) is 2.58. The fourth-order valence-corrected chi connectivity index (χ4v) is 5.75. The minimum atomic E-state index is 0.820. The normalized spacial score (nSPS) is 12.4. The van der Waals surface area contributed by atoms with Crippen molar-refractivity contribution in [3.05, 3.63) is 163 Å². The van der Waals surface area contributed by atoms with Gasteiger partial charge in [0.1, 0.15) is 5.82 Å². The maximum Gasteiger partial charge on any atom is 0.138 e. The van der Waals surface area contributed by atoms with Crippen molar-refractivity contribution in [1.29, 1.82) is 0 Å². The van der Waals surface area contributed by atoms with Crippen LogP contribution in [0.2, 0.25) is 0 Å². The van der Waals surface area contributed by atoms with Crippen LogP contribution in [-0.2, 0) is 0 Å². The molecule has 0 atom stereocenters. The van der Waals surface area contributed by atoms with Gasteiger partial charge >= 0.3 is 0 Å². The Morgan fingerprint density at radius 1 is 0.643 bits per heavy atom. The van der Waals surface area contributed by atoms with E-state index >= 15 is 0 Å². The first-order valence-corrected chi connectivity index (χ1v) is 14.2. The van der Waals surface area contributed by atoms with Crippen molar-refractivity contribution in [3.63, 3.8) is 0 Å². The van der Waals surface area contributed by atoms with Crippen LogP contribution >= 0.6 is 0 Å². The molecule has 6 aromatic rings. The molecule has 42 heavy (non-hydrogen) atoms. The Morgan fingerprint density at radius 3 is 2.14 bits per heavy atom. The third kappa shape index (κ3) is 4.61. The predicted octanol–water partition coefficient (Wildman–Crippen LogP) is 10.3. The monoisotopic (exact) mass is 539 g/mol. The fraction of sp³-hybridized carbons (Fsp3) is 0.0256. The van der Waals surface area contributed by atoms with Crippen molar-refractivity contribution in [3.8, 4) is 33.6 Å². The Labute approximate surface area is 246 Å². The van der Waals surface area contributed by atoms with Gasteiger partial charge in [-0.1, -0.05) is 103 Å². The van der Waals surface area contributed by atoms with Crippen molar-refractivity contribution >= 4 is 28.4 Å². The summed E-state index contributed by atoms with van der Waals surface area (Å²) in [4.78, 5) is 11.8. The van der Waals surface area contributed by atoms with Crippen LogP contribution < -0.4 is 4.90 Å². The number of pyridine rings is 2. The summed E-state index contributed by atoms with van der Waals surface area (Å²) in [6.07, 6.45) is 12.5. The number of rotatable bonds is 7. The first kappa shape index (κ1) is 25.4. The van der Waals surface area contributed by atoms with Crippen molar-refractivity contribution in [2.45, 2.75) is 6.92 Å². The van der Waals surface area contributed by atoms with E-state index in [1.165, 1.54) is 38.6 Å². The van der Waals surface area contributed by atoms with Crippen LogP contribution in [0.1, 0.15) is 12.5 Å². The van der Waals surface area contributed by atoms with Crippen molar-refractivity contribution < 1.29 is 0 Å². The highest BCUT2D eigenvalue weighted by Gasteiger charge is 2.21. The van der Waals surface area contributed by atoms with Crippen molar-refractivity contribution in [2.75, 3.05) is 4.90 Å². The standard InChI is InChI=1S/C39H29N3/c1-2-3-13-30(25-23-28-24-26-35-33-17-8-7-16-32(33)34-19-11-18-31(28)39(34)35)42(29-14-5-4-6-15-29)38-22-12-21-37(41-38)36-20-9-10-27-40-36/h2-27H,1H3/b3-2-,25-23+,30-13+. The van der Waals surface area contributed by atoms with Crippen LogP contribution in [0.15, 0.2) is 158 Å². The Kier molecular flexibility index (Phi) is 6.75. The molecule has 1 aliphatic rings. The molecule has 2 heterocycles. The molecule has 1 aliphatic carbocycles. The van der Waals surface area contributed by atoms with E-state index in [0.29, 0.717) is 0 Å². The smallest absolute Gasteiger partial charge is 0.138 e. The lowest BCUT2D eigenvalue weighted by atomic mass is 9.98. The minimum Gasteiger partial charge on any atom is -0.295 e. The third-order valence-corrected chi connectivity index (χ3v) is 7.64. The highest BCUT2D eigenvalue weighted by molar-refractivity contribution is 6.17. The lowest BCUT2D eigenvalue weighted by Crippen LogP contribution is -2.16. The topological polar surface area (TPSA) is 29.0 Å². The number of benzene rings is 4. The molecule has 0 fully saturated rings. The number of nitrogens with zero attached hydrogens (tertiary/aromatic N) is 3. The van der Waals surface area contributed by atoms with Crippen LogP contribution in [0.5, 0.6) is 0 Å². The average Bonchev–Trinajstić information content (AvgIpc) is 3.39. The quantitative estimate of drug-likeness (QED) is 0.189. The lowest BCUT2D eigenvalue weighted by molar-refractivity contribution is 1.13. The molecule has 2 aromatic heterocycles. The molecule has 0 aliphatic heterocycles. The highest BCUT2D eigenvalue weighted by atomic mass is 15.2. The maximum atomic E-state index is 5.07. The second kappa shape index (κ2) is 11.1. The summed E-state index contributed by atoms with van der Waals surface area (Å²) >= 11 is 0. The van der Waals surface area contributed by atoms with Gasteiger partial charge in [-0.25, -0.2) is 4.98 Å². The Hall–Kier alpha value is -5.54. The first-order chi connectivity index (χ1) is 20.8. The second-order valence-corrected chi connectivity index (χ2v) is 10.2. The average molecular weight is 540 g/mol. The van der Waals surface area contributed by atoms with Gasteiger partial charge in [0.15, 0.2) is 0 Å². The van der Waals surface area contributed by atoms with Gasteiger partial charge in [0.25, 0.3) is 0 Å². The minimum absolute atomic E-state index is 0.820. The van der Waals surface area contributed by atoms with Gasteiger partial charge in [-0.2, -0.15) is 0 Å². The number of anilines is 2. The van der Waals surface area contributed by atoms with E-state index in [1.807, 2.05) is 55.5 Å². The molecular formula is C39H29N3. The molecule has 0 radical (unpaired) electrons. The molecule has 0 unspecified atom stereocenters. The molecule has 0 bridgehead atoms. The van der Waals surface area contributed by atoms with Crippen molar-refractivity contribution in [2.24, 2.45) is 0 Å². The number of hydrogen-bond donors (Lipinski definition) is 0. The third-order valence-electron chi connectivity index (χ3n) is 7.64. The van der Waals surface area contributed by atoms with Gasteiger partial charge < -0.3 is 0 Å². The Morgan fingerprint density at radius 2 is 1.36 bits per heavy atom. The number of allylic oxidation sites excluding steroid dienone is 4. The van der Waals surface area contributed by atoms with Gasteiger partial charge in [-0.05, 0) is 94.1 Å². The molecule has 0 amide bonds. The van der Waals surface area contributed by atoms with E-state index < -0.39 is 0 Å². The summed E-state index contributed by atoms with van der Waals surface area (Å²) in [6, 6.07) is 42.2. The van der Waals surface area contributed by atoms with Gasteiger partial charge in [0, 0.05) is 17.6 Å². The van der Waals surface area contributed by atoms with Crippen LogP contribution in [0.3, 0.4) is 0 Å². The molecule has 0 N–H and O–H groups in total. The van der Waals surface area contributed by atoms with E-state index in [4.69, 9.17) is 4.98 Å². The van der Waals surface area contributed by atoms with Crippen LogP contribution in [-0.4, -0.2) is 9.97 Å². The summed E-state index contributed by atoms with van der Waals surface area (Å²) in [5.74, 6) is 0.820. The lowest BCUT2D eigenvalue weighted by Gasteiger charge is -2.25. The molecular weight excluding hydrogens is 510 g/mol. The van der Waals surface area contributed by atoms with E-state index in [2.05, 4.69) is 113 Å². The molecule has 7 rings (SSSR count). The molecule has 0 saturated carbocycles. The molecule has 3 nitrogen and oxygen atoms in total. The Bertz CT molecular complexity index is 1960. The molecule has 200 valence electrons. The predicted molar refractivity (Wildman–Crippen MR) is 176 cm³/mol. The largest absolute Gasteiger partial charge is 0.295 e. The van der Waals surface area contributed by atoms with E-state index in [0.717, 1.165) is 28.6 Å². The van der Waals surface area contributed by atoms with E-state index in [1.54, 1.807) is 6.20 Å². The SMILES string of the molecule is C\C=C/C=C(\C=C\c1ccc2c3c(cccc13)-c1ccccc1-2)N(c1ccccc1)c1cccc(-c2ccccn2)n1. The van der Waals surface area contributed by atoms with Crippen LogP contribution in [0, 0.1) is 0 Å². The summed E-state index contributed by atoms with van der Waals surface area (Å²) in [7, 11) is 0. The zero-order valence-corrected chi connectivity index (χ0v) is 23.4. The Balaban J connectivity index is 1.35. The highest BCUT2D eigenvalue weighted by Crippen LogP contribution is 2.47. The summed E-state index contributed by atoms with van der Waals surface area (Å²) in [5.41, 5.74) is 10.1. The zero-order valence-electron chi connectivity index (χ0n) is 23.4. The van der Waals surface area contributed by atoms with Crippen LogP contribution in [0.25, 0.3) is 50.5 Å². The molecule has 3 heteroatoms. The van der Waals surface area contributed by atoms with Gasteiger partial charge in [-0.3, -0.25) is 9.88 Å². The van der Waals surface area contributed by atoms with Gasteiger partial charge in [0.05, 0.1) is 11.4 Å². The van der Waals surface area contributed by atoms with E-state index in [9.17, 15) is 0 Å². The number of aromatic nitrogens is 2. The summed E-state index contributed by atoms with van der Waals surface area (Å²) < 4.78 is 0. The van der Waals surface area contributed by atoms with Gasteiger partial charge in [0.2, 0.25) is 0 Å². The fourth-order valence-electron chi connectivity index (χ4n) is 5.75. The summed E-state index contributed by atoms with van der Waals surface area (Å²) in [6.45, 7) is 2.03. The number of fused-ring (bicyclic) bond motifs is 3. The molecule has 4 aromatic carbocycles. The van der Waals surface area contributed by atoms with Crippen LogP contribution in [0.4, 0.5) is 11.5 Å². The number of hydrogen-bond acceptors (Lipinski definition) is 3.